The quantitative estimate of drug-likeness (QED) is 0.287. The Hall–Kier alpha value is -4.67. The van der Waals surface area contributed by atoms with E-state index in [1.807, 2.05) is 6.07 Å². The van der Waals surface area contributed by atoms with E-state index < -0.39 is 53.4 Å². The largest absolute Gasteiger partial charge is 0.573 e. The molecular weight excluding hydrogens is 550 g/mol. The van der Waals surface area contributed by atoms with E-state index in [4.69, 9.17) is 15.4 Å². The molecule has 216 valence electrons. The first kappa shape index (κ1) is 29.3. The van der Waals surface area contributed by atoms with E-state index in [-0.39, 0.29) is 41.2 Å². The highest BCUT2D eigenvalue weighted by Crippen LogP contribution is 2.48. The summed E-state index contributed by atoms with van der Waals surface area (Å²) in [4.78, 5) is 39.6. The van der Waals surface area contributed by atoms with Crippen molar-refractivity contribution in [3.63, 3.8) is 0 Å². The number of benzene rings is 2. The Kier molecular flexibility index (Phi) is 8.18. The molecule has 2 unspecified atom stereocenters. The second-order valence-electron chi connectivity index (χ2n) is 9.65. The van der Waals surface area contributed by atoms with Crippen molar-refractivity contribution in [3.05, 3.63) is 47.8 Å². The number of alkyl halides is 3. The van der Waals surface area contributed by atoms with E-state index in [2.05, 4.69) is 15.4 Å². The van der Waals surface area contributed by atoms with Gasteiger partial charge in [-0.15, -0.1) is 13.2 Å². The maximum atomic E-state index is 14.6. The maximum absolute atomic E-state index is 14.6. The minimum atomic E-state index is -5.13. The van der Waals surface area contributed by atoms with Crippen molar-refractivity contribution < 1.29 is 41.4 Å². The molecule has 4 atom stereocenters. The van der Waals surface area contributed by atoms with Gasteiger partial charge in [-0.25, -0.2) is 4.39 Å². The first-order valence-corrected chi connectivity index (χ1v) is 12.5. The third-order valence-electron chi connectivity index (χ3n) is 6.68. The number of nitrogens with one attached hydrogen (secondary N) is 3. The Labute approximate surface area is 231 Å². The summed E-state index contributed by atoms with van der Waals surface area (Å²) in [6, 6.07) is 8.04. The highest BCUT2D eigenvalue weighted by atomic mass is 19.4. The van der Waals surface area contributed by atoms with Crippen molar-refractivity contribution in [1.82, 2.24) is 4.90 Å². The summed E-state index contributed by atoms with van der Waals surface area (Å²) < 4.78 is 61.4. The predicted molar refractivity (Wildman–Crippen MR) is 137 cm³/mol. The molecule has 2 fully saturated rings. The average molecular weight is 576 g/mol. The van der Waals surface area contributed by atoms with Crippen molar-refractivity contribution >= 4 is 34.7 Å². The van der Waals surface area contributed by atoms with Crippen molar-refractivity contribution in [3.8, 4) is 17.6 Å². The number of fused-ring (bicyclic) bond motifs is 1. The van der Waals surface area contributed by atoms with Crippen LogP contribution in [0.25, 0.3) is 0 Å². The molecule has 1 saturated carbocycles. The molecule has 0 bridgehead atoms. The summed E-state index contributed by atoms with van der Waals surface area (Å²) in [6.45, 7) is 2.41. The van der Waals surface area contributed by atoms with Crippen LogP contribution in [0.2, 0.25) is 0 Å². The number of amides is 2. The van der Waals surface area contributed by atoms with Crippen molar-refractivity contribution in [1.29, 1.82) is 10.7 Å². The number of hydrogen-bond donors (Lipinski definition) is 3. The Balaban J connectivity index is 1.47. The van der Waals surface area contributed by atoms with Crippen LogP contribution in [0.4, 0.5) is 28.9 Å². The SMILES string of the molecule is CC(=O)C(=N)c1cc(OC(C)C#N)ccc1NCC(=O)N1[C@@H]2CC2C[C@H]1C(=O)Nc1cccc(OC(F)(F)F)c1F. The number of nitriles is 1. The van der Waals surface area contributed by atoms with Gasteiger partial charge >= 0.3 is 6.36 Å². The number of likely N-dealkylation sites (tertiary alicyclic amines) is 1. The molecule has 0 spiro atoms. The highest BCUT2D eigenvalue weighted by Gasteiger charge is 2.56. The van der Waals surface area contributed by atoms with Crippen LogP contribution in [0.1, 0.15) is 32.3 Å². The monoisotopic (exact) mass is 575 g/mol. The first-order chi connectivity index (χ1) is 19.3. The number of nitrogens with zero attached hydrogens (tertiary/aromatic N) is 2. The average Bonchev–Trinajstić information content (AvgIpc) is 3.57. The van der Waals surface area contributed by atoms with Crippen molar-refractivity contribution in [2.75, 3.05) is 17.2 Å². The highest BCUT2D eigenvalue weighted by molar-refractivity contribution is 6.45. The fraction of sp³-hybridized carbons (Fsp3) is 0.370. The van der Waals surface area contributed by atoms with Gasteiger partial charge in [0, 0.05) is 24.2 Å². The summed E-state index contributed by atoms with van der Waals surface area (Å²) in [5, 5.41) is 22.3. The van der Waals surface area contributed by atoms with Gasteiger partial charge in [0.15, 0.2) is 23.5 Å². The molecule has 10 nitrogen and oxygen atoms in total. The fourth-order valence-electron chi connectivity index (χ4n) is 4.72. The van der Waals surface area contributed by atoms with Crippen molar-refractivity contribution in [2.24, 2.45) is 5.92 Å². The molecule has 4 rings (SSSR count). The van der Waals surface area contributed by atoms with Gasteiger partial charge < -0.3 is 25.0 Å². The molecule has 2 amide bonds. The molecular formula is C27H25F4N5O5. The third kappa shape index (κ3) is 6.74. The smallest absolute Gasteiger partial charge is 0.476 e. The van der Waals surface area contributed by atoms with E-state index in [1.54, 1.807) is 0 Å². The number of carbonyl (C=O) groups is 3. The van der Waals surface area contributed by atoms with E-state index >= 15 is 0 Å². The van der Waals surface area contributed by atoms with Crippen LogP contribution >= 0.6 is 0 Å². The van der Waals surface area contributed by atoms with Gasteiger partial charge in [0.1, 0.15) is 23.6 Å². The van der Waals surface area contributed by atoms with Gasteiger partial charge in [-0.1, -0.05) is 6.07 Å². The normalized spacial score (nSPS) is 19.8. The Morgan fingerprint density at radius 1 is 1.20 bits per heavy atom. The predicted octanol–water partition coefficient (Wildman–Crippen LogP) is 4.01. The molecule has 1 heterocycles. The Morgan fingerprint density at radius 3 is 2.59 bits per heavy atom. The van der Waals surface area contributed by atoms with Gasteiger partial charge in [0.2, 0.25) is 11.8 Å². The van der Waals surface area contributed by atoms with Crippen LogP contribution in [0.15, 0.2) is 36.4 Å². The van der Waals surface area contributed by atoms with E-state index in [0.29, 0.717) is 12.8 Å². The lowest BCUT2D eigenvalue weighted by molar-refractivity contribution is -0.275. The van der Waals surface area contributed by atoms with Gasteiger partial charge in [0.05, 0.1) is 12.2 Å². The van der Waals surface area contributed by atoms with Crippen LogP contribution in [0, 0.1) is 28.5 Å². The number of rotatable bonds is 10. The molecule has 14 heteroatoms. The molecule has 0 radical (unpaired) electrons. The van der Waals surface area contributed by atoms with Crippen LogP contribution in [-0.4, -0.2) is 59.3 Å². The number of ether oxygens (including phenoxy) is 2. The zero-order valence-corrected chi connectivity index (χ0v) is 21.8. The minimum Gasteiger partial charge on any atom is -0.476 e. The number of ketones is 1. The van der Waals surface area contributed by atoms with E-state index in [1.165, 1.54) is 36.9 Å². The Bertz CT molecular complexity index is 1440. The molecule has 0 aromatic heterocycles. The molecule has 41 heavy (non-hydrogen) atoms. The number of halogens is 4. The number of hydrogen-bond acceptors (Lipinski definition) is 8. The topological polar surface area (TPSA) is 145 Å². The standard InChI is InChI=1S/C27H25F4N5O5/c1-13(11-32)40-16-6-7-18(17(10-16)25(33)14(2)37)34-12-23(38)36-20-8-15(20)9-21(36)26(39)35-19-4-3-5-22(24(19)28)41-27(29,30)31/h3-7,10,13,15,20-21,33-34H,8-9,12H2,1-2H3,(H,35,39)/t13?,15?,20-,21+/m1/s1. The van der Waals surface area contributed by atoms with Crippen LogP contribution in [0.5, 0.6) is 11.5 Å². The number of anilines is 2. The van der Waals surface area contributed by atoms with Crippen LogP contribution < -0.4 is 20.1 Å². The molecule has 1 aliphatic heterocycles. The van der Waals surface area contributed by atoms with Gasteiger partial charge in [-0.2, -0.15) is 5.26 Å². The number of carbonyl (C=O) groups excluding carboxylic acids is 3. The van der Waals surface area contributed by atoms with E-state index in [9.17, 15) is 31.9 Å². The molecule has 2 aromatic rings. The lowest BCUT2D eigenvalue weighted by atomic mass is 10.0. The lowest BCUT2D eigenvalue weighted by Crippen LogP contribution is -2.47. The zero-order chi connectivity index (χ0) is 30.1. The fourth-order valence-corrected chi connectivity index (χ4v) is 4.72. The summed E-state index contributed by atoms with van der Waals surface area (Å²) in [5.41, 5.74) is -0.464. The maximum Gasteiger partial charge on any atom is 0.573 e. The molecule has 2 aromatic carbocycles. The zero-order valence-electron chi connectivity index (χ0n) is 21.8. The third-order valence-corrected chi connectivity index (χ3v) is 6.68. The molecule has 1 aliphatic carbocycles. The van der Waals surface area contributed by atoms with E-state index in [0.717, 1.165) is 18.2 Å². The number of piperidine rings is 1. The number of Topliss-reactive ketones (excluding diaryl/α,β-unsaturated/α-hetero) is 1. The van der Waals surface area contributed by atoms with Gasteiger partial charge in [-0.3, -0.25) is 19.8 Å². The van der Waals surface area contributed by atoms with Crippen LogP contribution in [0.3, 0.4) is 0 Å². The van der Waals surface area contributed by atoms with Gasteiger partial charge in [-0.05, 0) is 56.0 Å². The van der Waals surface area contributed by atoms with Gasteiger partial charge in [0.25, 0.3) is 0 Å². The summed E-state index contributed by atoms with van der Waals surface area (Å²) in [6.07, 6.45) is -4.95. The first-order valence-electron chi connectivity index (χ1n) is 12.5. The molecule has 1 saturated heterocycles. The lowest BCUT2D eigenvalue weighted by Gasteiger charge is -2.27. The molecule has 2 aliphatic rings. The molecule has 3 N–H and O–H groups in total. The summed E-state index contributed by atoms with van der Waals surface area (Å²) in [7, 11) is 0. The van der Waals surface area contributed by atoms with Crippen LogP contribution in [-0.2, 0) is 14.4 Å². The summed E-state index contributed by atoms with van der Waals surface area (Å²) in [5.74, 6) is -4.00. The van der Waals surface area contributed by atoms with Crippen molar-refractivity contribution in [2.45, 2.75) is 51.2 Å². The summed E-state index contributed by atoms with van der Waals surface area (Å²) >= 11 is 0. The second kappa shape index (κ2) is 11.4. The Morgan fingerprint density at radius 2 is 1.93 bits per heavy atom. The minimum absolute atomic E-state index is 0.0550. The second-order valence-corrected chi connectivity index (χ2v) is 9.65.